The Kier molecular flexibility index (Phi) is 5.91. The first-order chi connectivity index (χ1) is 8.54. The fraction of sp³-hybridized carbons (Fsp3) is 0.833. The van der Waals surface area contributed by atoms with Gasteiger partial charge in [0.15, 0.2) is 0 Å². The number of nitrogens with two attached hydrogens (primary N) is 2. The number of nitrogens with one attached hydrogen (secondary N) is 2. The van der Waals surface area contributed by atoms with Gasteiger partial charge in [0.2, 0.25) is 5.91 Å². The molecule has 2 atom stereocenters. The molecule has 0 aromatic heterocycles. The second-order valence-electron chi connectivity index (χ2n) is 4.95. The number of carbonyl (C=O) groups excluding carboxylic acids is 2. The second-order valence-corrected chi connectivity index (χ2v) is 4.95. The molecule has 0 aromatic rings. The summed E-state index contributed by atoms with van der Waals surface area (Å²) in [6, 6.07) is -1.19. The average molecular weight is 256 g/mol. The molecule has 1 aliphatic carbocycles. The molecular formula is C12H24N4O2. The normalized spacial score (nSPS) is 17.9. The van der Waals surface area contributed by atoms with Crippen LogP contribution in [-0.4, -0.2) is 30.6 Å². The zero-order valence-electron chi connectivity index (χ0n) is 10.9. The number of rotatable bonds is 8. The molecular weight excluding hydrogens is 232 g/mol. The molecule has 0 spiro atoms. The lowest BCUT2D eigenvalue weighted by atomic mass is 10.1. The SMILES string of the molecule is CCCCC(NC(N)=O)C(=O)NCC(N)C1CC1. The highest BCUT2D eigenvalue weighted by Gasteiger charge is 2.29. The van der Waals surface area contributed by atoms with Gasteiger partial charge >= 0.3 is 6.03 Å². The van der Waals surface area contributed by atoms with Gasteiger partial charge in [-0.15, -0.1) is 0 Å². The Labute approximate surface area is 108 Å². The van der Waals surface area contributed by atoms with Crippen molar-refractivity contribution in [3.63, 3.8) is 0 Å². The Morgan fingerprint density at radius 1 is 1.39 bits per heavy atom. The van der Waals surface area contributed by atoms with E-state index >= 15 is 0 Å². The number of carbonyl (C=O) groups is 2. The van der Waals surface area contributed by atoms with Gasteiger partial charge in [-0.3, -0.25) is 4.79 Å². The Morgan fingerprint density at radius 3 is 2.56 bits per heavy atom. The molecule has 6 heteroatoms. The van der Waals surface area contributed by atoms with Gasteiger partial charge in [0, 0.05) is 12.6 Å². The highest BCUT2D eigenvalue weighted by molar-refractivity contribution is 5.86. The predicted octanol–water partition coefficient (Wildman–Crippen LogP) is 0.0670. The molecule has 6 nitrogen and oxygen atoms in total. The molecule has 3 amide bonds. The minimum atomic E-state index is -0.669. The van der Waals surface area contributed by atoms with Gasteiger partial charge in [-0.2, -0.15) is 0 Å². The van der Waals surface area contributed by atoms with Crippen molar-refractivity contribution in [3.05, 3.63) is 0 Å². The molecule has 1 fully saturated rings. The predicted molar refractivity (Wildman–Crippen MR) is 69.7 cm³/mol. The quantitative estimate of drug-likeness (QED) is 0.493. The van der Waals surface area contributed by atoms with Crippen molar-refractivity contribution in [1.29, 1.82) is 0 Å². The molecule has 18 heavy (non-hydrogen) atoms. The molecule has 0 bridgehead atoms. The Bertz CT molecular complexity index is 292. The molecule has 0 radical (unpaired) electrons. The molecule has 0 heterocycles. The summed E-state index contributed by atoms with van der Waals surface area (Å²) < 4.78 is 0. The fourth-order valence-corrected chi connectivity index (χ4v) is 1.88. The molecule has 0 aromatic carbocycles. The first kappa shape index (κ1) is 14.8. The van der Waals surface area contributed by atoms with Crippen molar-refractivity contribution in [3.8, 4) is 0 Å². The smallest absolute Gasteiger partial charge is 0.312 e. The van der Waals surface area contributed by atoms with E-state index < -0.39 is 12.1 Å². The fourth-order valence-electron chi connectivity index (χ4n) is 1.88. The van der Waals surface area contributed by atoms with Gasteiger partial charge in [-0.1, -0.05) is 19.8 Å². The van der Waals surface area contributed by atoms with Gasteiger partial charge in [0.1, 0.15) is 6.04 Å². The molecule has 104 valence electrons. The van der Waals surface area contributed by atoms with E-state index in [0.29, 0.717) is 18.9 Å². The van der Waals surface area contributed by atoms with E-state index in [-0.39, 0.29) is 11.9 Å². The van der Waals surface area contributed by atoms with Crippen LogP contribution in [-0.2, 0) is 4.79 Å². The Hall–Kier alpha value is -1.30. The Morgan fingerprint density at radius 2 is 2.06 bits per heavy atom. The summed E-state index contributed by atoms with van der Waals surface area (Å²) in [5, 5.41) is 5.25. The summed E-state index contributed by atoms with van der Waals surface area (Å²) in [7, 11) is 0. The van der Waals surface area contributed by atoms with Crippen LogP contribution < -0.4 is 22.1 Å². The van der Waals surface area contributed by atoms with Crippen LogP contribution in [0.1, 0.15) is 39.0 Å². The highest BCUT2D eigenvalue weighted by Crippen LogP contribution is 2.31. The van der Waals surface area contributed by atoms with E-state index in [9.17, 15) is 9.59 Å². The van der Waals surface area contributed by atoms with Gasteiger partial charge in [-0.25, -0.2) is 4.79 Å². The van der Waals surface area contributed by atoms with E-state index in [4.69, 9.17) is 11.5 Å². The maximum atomic E-state index is 11.9. The summed E-state index contributed by atoms with van der Waals surface area (Å²) in [4.78, 5) is 22.7. The van der Waals surface area contributed by atoms with E-state index in [0.717, 1.165) is 25.7 Å². The number of hydrogen-bond acceptors (Lipinski definition) is 3. The lowest BCUT2D eigenvalue weighted by molar-refractivity contribution is -0.123. The van der Waals surface area contributed by atoms with Crippen LogP contribution in [0, 0.1) is 5.92 Å². The van der Waals surface area contributed by atoms with Gasteiger partial charge in [0.05, 0.1) is 0 Å². The number of urea groups is 1. The zero-order valence-corrected chi connectivity index (χ0v) is 10.9. The first-order valence-corrected chi connectivity index (χ1v) is 6.63. The maximum absolute atomic E-state index is 11.9. The van der Waals surface area contributed by atoms with Crippen molar-refractivity contribution >= 4 is 11.9 Å². The summed E-state index contributed by atoms with van der Waals surface area (Å²) in [5.74, 6) is 0.349. The average Bonchev–Trinajstić information content (AvgIpc) is 3.14. The van der Waals surface area contributed by atoms with Crippen LogP contribution in [0.5, 0.6) is 0 Å². The molecule has 2 unspecified atom stereocenters. The van der Waals surface area contributed by atoms with Crippen molar-refractivity contribution < 1.29 is 9.59 Å². The molecule has 1 aliphatic rings. The number of unbranched alkanes of at least 4 members (excludes halogenated alkanes) is 1. The van der Waals surface area contributed by atoms with Crippen LogP contribution in [0.2, 0.25) is 0 Å². The number of amides is 3. The topological polar surface area (TPSA) is 110 Å². The molecule has 1 saturated carbocycles. The molecule has 0 saturated heterocycles. The summed E-state index contributed by atoms with van der Waals surface area (Å²) in [6.45, 7) is 2.49. The zero-order chi connectivity index (χ0) is 13.5. The van der Waals surface area contributed by atoms with Crippen LogP contribution in [0.3, 0.4) is 0 Å². The molecule has 6 N–H and O–H groups in total. The third-order valence-corrected chi connectivity index (χ3v) is 3.22. The third kappa shape index (κ3) is 5.35. The van der Waals surface area contributed by atoms with Crippen molar-refractivity contribution in [2.45, 2.75) is 51.1 Å². The van der Waals surface area contributed by atoms with Crippen molar-refractivity contribution in [2.24, 2.45) is 17.4 Å². The second kappa shape index (κ2) is 7.20. The molecule has 1 rings (SSSR count). The summed E-state index contributed by atoms with van der Waals surface area (Å²) in [5.41, 5.74) is 11.0. The standard InChI is InChI=1S/C12H24N4O2/c1-2-3-4-10(16-12(14)18)11(17)15-7-9(13)8-5-6-8/h8-10H,2-7,13H2,1H3,(H,15,17)(H3,14,16,18). The van der Waals surface area contributed by atoms with Gasteiger partial charge in [0.25, 0.3) is 0 Å². The summed E-state index contributed by atoms with van der Waals surface area (Å²) >= 11 is 0. The highest BCUT2D eigenvalue weighted by atomic mass is 16.2. The van der Waals surface area contributed by atoms with Gasteiger partial charge in [-0.05, 0) is 25.2 Å². The minimum Gasteiger partial charge on any atom is -0.353 e. The van der Waals surface area contributed by atoms with Crippen LogP contribution >= 0.6 is 0 Å². The van der Waals surface area contributed by atoms with Crippen LogP contribution in [0.15, 0.2) is 0 Å². The van der Waals surface area contributed by atoms with E-state index in [1.807, 2.05) is 6.92 Å². The largest absolute Gasteiger partial charge is 0.353 e. The summed E-state index contributed by atoms with van der Waals surface area (Å²) in [6.07, 6.45) is 4.73. The Balaban J connectivity index is 2.33. The third-order valence-electron chi connectivity index (χ3n) is 3.22. The van der Waals surface area contributed by atoms with Crippen LogP contribution in [0.25, 0.3) is 0 Å². The number of hydrogen-bond donors (Lipinski definition) is 4. The van der Waals surface area contributed by atoms with Gasteiger partial charge < -0.3 is 22.1 Å². The number of primary amides is 1. The van der Waals surface area contributed by atoms with E-state index in [1.165, 1.54) is 0 Å². The van der Waals surface area contributed by atoms with Crippen molar-refractivity contribution in [1.82, 2.24) is 10.6 Å². The monoisotopic (exact) mass is 256 g/mol. The van der Waals surface area contributed by atoms with Crippen molar-refractivity contribution in [2.75, 3.05) is 6.54 Å². The van der Waals surface area contributed by atoms with E-state index in [2.05, 4.69) is 10.6 Å². The first-order valence-electron chi connectivity index (χ1n) is 6.63. The van der Waals surface area contributed by atoms with E-state index in [1.54, 1.807) is 0 Å². The van der Waals surface area contributed by atoms with Crippen LogP contribution in [0.4, 0.5) is 4.79 Å². The molecule has 0 aliphatic heterocycles. The minimum absolute atomic E-state index is 0.0225. The lowest BCUT2D eigenvalue weighted by Gasteiger charge is -2.18. The lowest BCUT2D eigenvalue weighted by Crippen LogP contribution is -2.50. The maximum Gasteiger partial charge on any atom is 0.312 e.